The number of benzene rings is 1. The van der Waals surface area contributed by atoms with Gasteiger partial charge in [-0.15, -0.1) is 0 Å². The Balaban J connectivity index is 2.23. The van der Waals surface area contributed by atoms with E-state index < -0.39 is 0 Å². The van der Waals surface area contributed by atoms with Crippen LogP contribution in [0.25, 0.3) is 11.0 Å². The monoisotopic (exact) mass is 231 g/mol. The van der Waals surface area contributed by atoms with Crippen molar-refractivity contribution >= 4 is 11.0 Å². The van der Waals surface area contributed by atoms with Gasteiger partial charge < -0.3 is 9.88 Å². The van der Waals surface area contributed by atoms with Gasteiger partial charge in [-0.2, -0.15) is 0 Å². The van der Waals surface area contributed by atoms with Gasteiger partial charge in [-0.05, 0) is 18.6 Å². The van der Waals surface area contributed by atoms with Gasteiger partial charge in [-0.1, -0.05) is 26.0 Å². The summed E-state index contributed by atoms with van der Waals surface area (Å²) in [6.45, 7) is 7.43. The summed E-state index contributed by atoms with van der Waals surface area (Å²) in [4.78, 5) is 4.73. The summed E-state index contributed by atoms with van der Waals surface area (Å²) in [5, 5.41) is 3.43. The van der Waals surface area contributed by atoms with E-state index in [1.165, 1.54) is 11.1 Å². The lowest BCUT2D eigenvalue weighted by Crippen LogP contribution is -2.25. The van der Waals surface area contributed by atoms with Gasteiger partial charge in [0.15, 0.2) is 0 Å². The van der Waals surface area contributed by atoms with E-state index >= 15 is 0 Å². The molecule has 1 aromatic carbocycles. The summed E-state index contributed by atoms with van der Waals surface area (Å²) in [6, 6.07) is 6.88. The zero-order chi connectivity index (χ0) is 12.4. The van der Waals surface area contributed by atoms with E-state index in [4.69, 9.17) is 4.98 Å². The molecule has 1 aromatic heterocycles. The maximum absolute atomic E-state index is 4.73. The molecule has 0 aliphatic heterocycles. The van der Waals surface area contributed by atoms with Crippen molar-refractivity contribution in [1.29, 1.82) is 0 Å². The summed E-state index contributed by atoms with van der Waals surface area (Å²) in [6.07, 6.45) is 0.975. The molecule has 0 aliphatic rings. The maximum atomic E-state index is 4.73. The number of imidazole rings is 1. The standard InChI is InChI=1S/C14H21N3/c1-10(2)15-9-8-13-16-14-11(3)6-5-7-12(14)17(13)4/h5-7,10,15H,8-9H2,1-4H3. The summed E-state index contributed by atoms with van der Waals surface area (Å²) in [5.74, 6) is 1.16. The van der Waals surface area contributed by atoms with Crippen molar-refractivity contribution < 1.29 is 0 Å². The lowest BCUT2D eigenvalue weighted by atomic mass is 10.2. The third-order valence-corrected chi connectivity index (χ3v) is 3.11. The first kappa shape index (κ1) is 12.1. The molecule has 1 heterocycles. The van der Waals surface area contributed by atoms with Crippen LogP contribution in [0.15, 0.2) is 18.2 Å². The number of hydrogen-bond acceptors (Lipinski definition) is 2. The zero-order valence-electron chi connectivity index (χ0n) is 11.1. The molecule has 3 heteroatoms. The van der Waals surface area contributed by atoms with Crippen LogP contribution in [0.5, 0.6) is 0 Å². The van der Waals surface area contributed by atoms with Crippen LogP contribution >= 0.6 is 0 Å². The molecule has 92 valence electrons. The molecule has 0 unspecified atom stereocenters. The van der Waals surface area contributed by atoms with Crippen LogP contribution in [0.4, 0.5) is 0 Å². The van der Waals surface area contributed by atoms with Crippen molar-refractivity contribution in [2.75, 3.05) is 6.54 Å². The number of para-hydroxylation sites is 1. The fraction of sp³-hybridized carbons (Fsp3) is 0.500. The van der Waals surface area contributed by atoms with Gasteiger partial charge in [0.2, 0.25) is 0 Å². The Morgan fingerprint density at radius 1 is 1.35 bits per heavy atom. The van der Waals surface area contributed by atoms with E-state index in [0.29, 0.717) is 6.04 Å². The average Bonchev–Trinajstić information content (AvgIpc) is 2.58. The third-order valence-electron chi connectivity index (χ3n) is 3.11. The molecule has 3 nitrogen and oxygen atoms in total. The Labute approximate surface area is 103 Å². The van der Waals surface area contributed by atoms with Crippen LogP contribution in [0, 0.1) is 6.92 Å². The van der Waals surface area contributed by atoms with Crippen molar-refractivity contribution in [3.63, 3.8) is 0 Å². The van der Waals surface area contributed by atoms with Crippen LogP contribution in [0.3, 0.4) is 0 Å². The minimum atomic E-state index is 0.534. The second kappa shape index (κ2) is 4.88. The molecule has 17 heavy (non-hydrogen) atoms. The zero-order valence-corrected chi connectivity index (χ0v) is 11.1. The van der Waals surface area contributed by atoms with E-state index in [2.05, 4.69) is 55.9 Å². The van der Waals surface area contributed by atoms with Crippen LogP contribution in [-0.2, 0) is 13.5 Å². The molecule has 0 aliphatic carbocycles. The average molecular weight is 231 g/mol. The smallest absolute Gasteiger partial charge is 0.110 e. The van der Waals surface area contributed by atoms with Crippen molar-refractivity contribution in [1.82, 2.24) is 14.9 Å². The van der Waals surface area contributed by atoms with Gasteiger partial charge in [0.1, 0.15) is 5.82 Å². The first-order chi connectivity index (χ1) is 8.09. The third kappa shape index (κ3) is 2.50. The Hall–Kier alpha value is -1.35. The van der Waals surface area contributed by atoms with Gasteiger partial charge in [-0.25, -0.2) is 4.98 Å². The lowest BCUT2D eigenvalue weighted by Gasteiger charge is -2.07. The topological polar surface area (TPSA) is 29.9 Å². The van der Waals surface area contributed by atoms with E-state index in [-0.39, 0.29) is 0 Å². The molecule has 0 saturated heterocycles. The predicted molar refractivity (Wildman–Crippen MR) is 72.3 cm³/mol. The van der Waals surface area contributed by atoms with Crippen molar-refractivity contribution in [2.45, 2.75) is 33.2 Å². The number of hydrogen-bond donors (Lipinski definition) is 1. The van der Waals surface area contributed by atoms with E-state index in [0.717, 1.165) is 24.3 Å². The molecule has 2 aromatic rings. The minimum absolute atomic E-state index is 0.534. The van der Waals surface area contributed by atoms with Crippen LogP contribution < -0.4 is 5.32 Å². The minimum Gasteiger partial charge on any atom is -0.331 e. The molecule has 0 spiro atoms. The highest BCUT2D eigenvalue weighted by molar-refractivity contribution is 5.79. The summed E-state index contributed by atoms with van der Waals surface area (Å²) >= 11 is 0. The molecule has 0 fully saturated rings. The highest BCUT2D eigenvalue weighted by Crippen LogP contribution is 2.18. The van der Waals surface area contributed by atoms with E-state index in [9.17, 15) is 0 Å². The second-order valence-corrected chi connectivity index (χ2v) is 4.89. The highest BCUT2D eigenvalue weighted by Gasteiger charge is 2.08. The number of aryl methyl sites for hydroxylation is 2. The molecular weight excluding hydrogens is 210 g/mol. The number of fused-ring (bicyclic) bond motifs is 1. The summed E-state index contributed by atoms with van der Waals surface area (Å²) in [7, 11) is 2.10. The van der Waals surface area contributed by atoms with Gasteiger partial charge in [0, 0.05) is 26.1 Å². The summed E-state index contributed by atoms with van der Waals surface area (Å²) < 4.78 is 2.20. The molecule has 2 rings (SSSR count). The number of nitrogens with one attached hydrogen (secondary N) is 1. The first-order valence-corrected chi connectivity index (χ1v) is 6.24. The molecular formula is C14H21N3. The predicted octanol–water partition coefficient (Wildman–Crippen LogP) is 2.42. The summed E-state index contributed by atoms with van der Waals surface area (Å²) in [5.41, 5.74) is 3.61. The Morgan fingerprint density at radius 2 is 2.12 bits per heavy atom. The Kier molecular flexibility index (Phi) is 3.48. The van der Waals surface area contributed by atoms with Crippen molar-refractivity contribution in [3.05, 3.63) is 29.6 Å². The van der Waals surface area contributed by atoms with Gasteiger partial charge in [0.05, 0.1) is 11.0 Å². The fourth-order valence-electron chi connectivity index (χ4n) is 2.10. The number of aromatic nitrogens is 2. The Morgan fingerprint density at radius 3 is 2.76 bits per heavy atom. The lowest BCUT2D eigenvalue weighted by molar-refractivity contribution is 0.578. The van der Waals surface area contributed by atoms with Crippen molar-refractivity contribution in [2.24, 2.45) is 7.05 Å². The van der Waals surface area contributed by atoms with Crippen LogP contribution in [0.2, 0.25) is 0 Å². The Bertz CT molecular complexity index is 511. The second-order valence-electron chi connectivity index (χ2n) is 4.89. The fourth-order valence-corrected chi connectivity index (χ4v) is 2.10. The maximum Gasteiger partial charge on any atom is 0.110 e. The molecule has 1 N–H and O–H groups in total. The number of rotatable bonds is 4. The first-order valence-electron chi connectivity index (χ1n) is 6.24. The van der Waals surface area contributed by atoms with Gasteiger partial charge in [0.25, 0.3) is 0 Å². The molecule has 0 amide bonds. The van der Waals surface area contributed by atoms with Gasteiger partial charge in [-0.3, -0.25) is 0 Å². The van der Waals surface area contributed by atoms with Crippen molar-refractivity contribution in [3.8, 4) is 0 Å². The molecule has 0 saturated carbocycles. The SMILES string of the molecule is Cc1cccc2c1nc(CCNC(C)C)n2C. The quantitative estimate of drug-likeness (QED) is 0.875. The highest BCUT2D eigenvalue weighted by atomic mass is 15.1. The van der Waals surface area contributed by atoms with Crippen LogP contribution in [-0.4, -0.2) is 22.1 Å². The van der Waals surface area contributed by atoms with Crippen LogP contribution in [0.1, 0.15) is 25.2 Å². The molecule has 0 radical (unpaired) electrons. The number of nitrogens with zero attached hydrogens (tertiary/aromatic N) is 2. The normalized spacial score (nSPS) is 11.6. The largest absolute Gasteiger partial charge is 0.331 e. The molecule has 0 atom stereocenters. The van der Waals surface area contributed by atoms with E-state index in [1.807, 2.05) is 0 Å². The van der Waals surface area contributed by atoms with Gasteiger partial charge >= 0.3 is 0 Å². The van der Waals surface area contributed by atoms with E-state index in [1.54, 1.807) is 0 Å². The molecule has 0 bridgehead atoms.